The molecule has 2 bridgehead atoms. The summed E-state index contributed by atoms with van der Waals surface area (Å²) in [6, 6.07) is -1.26. The summed E-state index contributed by atoms with van der Waals surface area (Å²) in [7, 11) is 10.1. The maximum Gasteiger partial charge on any atom is 0.411 e. The SMILES string of the molecule is CCN[C@H]1CO[C@@H](O[C@H]2[C@H](O[C@H]3C#CC=CC#C[C@]4(O)CC(=O)C(NC(=O)OC)=C3/C4=C\CSSC3CCC3)O[C@H](C)[C@@H](NO[C@H]3C[C@H](O)[C@H](SC(=O)c4c(C)c(I)c(O[C@@H]5O[C@@H](C)[C@H](O)[C@@H](OC)[C@H]5O)c(OC)c4OC)[C@@H](C)O3)[C@@H]2O)C[C@@H]1OC. The van der Waals surface area contributed by atoms with Gasteiger partial charge in [-0.05, 0) is 87.4 Å². The van der Waals surface area contributed by atoms with Gasteiger partial charge in [0.25, 0.3) is 0 Å². The van der Waals surface area contributed by atoms with E-state index in [-0.39, 0.29) is 71.2 Å². The van der Waals surface area contributed by atoms with Gasteiger partial charge < -0.3 is 87.7 Å². The van der Waals surface area contributed by atoms with E-state index in [1.165, 1.54) is 33.5 Å². The highest BCUT2D eigenvalue weighted by Gasteiger charge is 2.52. The molecule has 4 aliphatic heterocycles. The van der Waals surface area contributed by atoms with Gasteiger partial charge in [0, 0.05) is 49.2 Å². The summed E-state index contributed by atoms with van der Waals surface area (Å²) in [5.41, 5.74) is 1.40. The highest BCUT2D eigenvalue weighted by Crippen LogP contribution is 2.49. The molecule has 1 aromatic rings. The van der Waals surface area contributed by atoms with E-state index < -0.39 is 127 Å². The number of alkyl carbamates (subject to hydrolysis) is 1. The molecule has 476 valence electrons. The number of Topliss-reactive ketones (excluding diaryl/α,β-unsaturated/α-hetero) is 1. The third-order valence-corrected chi connectivity index (χ3v) is 21.4. The summed E-state index contributed by atoms with van der Waals surface area (Å²) in [4.78, 5) is 47.8. The Morgan fingerprint density at radius 3 is 2.27 bits per heavy atom. The first kappa shape index (κ1) is 68.6. The van der Waals surface area contributed by atoms with Crippen molar-refractivity contribution in [2.24, 2.45) is 0 Å². The Morgan fingerprint density at radius 2 is 1.60 bits per heavy atom. The summed E-state index contributed by atoms with van der Waals surface area (Å²) in [5, 5.41) is 63.4. The van der Waals surface area contributed by atoms with Crippen LogP contribution in [0.1, 0.15) is 82.1 Å². The predicted octanol–water partition coefficient (Wildman–Crippen LogP) is 3.47. The third-order valence-electron chi connectivity index (χ3n) is 15.9. The smallest absolute Gasteiger partial charge is 0.411 e. The Kier molecular flexibility index (Phi) is 24.9. The molecule has 3 aliphatic carbocycles. The molecule has 0 radical (unpaired) electrons. The van der Waals surface area contributed by atoms with Crippen LogP contribution in [0, 0.1) is 34.2 Å². The fourth-order valence-corrected chi connectivity index (χ4v) is 15.4. The fraction of sp³-hybridized carbons (Fsp3) is 0.672. The van der Waals surface area contributed by atoms with Crippen molar-refractivity contribution in [3.05, 3.63) is 49.8 Å². The van der Waals surface area contributed by atoms with Gasteiger partial charge in [0.1, 0.15) is 36.6 Å². The zero-order valence-electron chi connectivity index (χ0n) is 49.4. The van der Waals surface area contributed by atoms with E-state index in [1.807, 2.05) is 29.5 Å². The first-order valence-electron chi connectivity index (χ1n) is 28.4. The number of likely N-dealkylation sites (N-methyl/N-ethyl adjacent to an activating group) is 1. The Bertz CT molecular complexity index is 2800. The molecule has 5 fully saturated rings. The van der Waals surface area contributed by atoms with Crippen LogP contribution in [0.25, 0.3) is 0 Å². The van der Waals surface area contributed by atoms with Crippen LogP contribution < -0.4 is 30.3 Å². The maximum atomic E-state index is 14.5. The van der Waals surface area contributed by atoms with Crippen LogP contribution in [0.3, 0.4) is 0 Å². The van der Waals surface area contributed by atoms with E-state index in [9.17, 15) is 39.9 Å². The quantitative estimate of drug-likeness (QED) is 0.0271. The largest absolute Gasteiger partial charge is 0.492 e. The lowest BCUT2D eigenvalue weighted by Gasteiger charge is -2.46. The lowest BCUT2D eigenvalue weighted by atomic mass is 9.75. The monoisotopic (exact) mass is 1380 g/mol. The molecular formula is C58H78IN3O21S3. The molecule has 1 amide bonds. The van der Waals surface area contributed by atoms with Gasteiger partial charge in [0.15, 0.2) is 41.8 Å². The zero-order valence-corrected chi connectivity index (χ0v) is 54.0. The summed E-state index contributed by atoms with van der Waals surface area (Å²) >= 11 is 2.83. The van der Waals surface area contributed by atoms with Crippen molar-refractivity contribution < 1.29 is 102 Å². The van der Waals surface area contributed by atoms with Crippen molar-refractivity contribution in [3.8, 4) is 40.9 Å². The number of nitrogens with one attached hydrogen (secondary N) is 3. The van der Waals surface area contributed by atoms with E-state index in [0.717, 1.165) is 38.1 Å². The number of carbonyl (C=O) groups is 3. The number of thioether (sulfide) groups is 1. The number of carbonyl (C=O) groups excluding carboxylic acids is 3. The molecular weight excluding hydrogens is 1300 g/mol. The van der Waals surface area contributed by atoms with E-state index >= 15 is 0 Å². The lowest BCUT2D eigenvalue weighted by Crippen LogP contribution is -2.65. The van der Waals surface area contributed by atoms with Gasteiger partial charge in [-0.2, -0.15) is 5.48 Å². The minimum Gasteiger partial charge on any atom is -0.492 e. The number of hydrogen-bond donors (Lipinski definition) is 8. The number of amides is 1. The molecule has 1 saturated carbocycles. The number of rotatable bonds is 22. The van der Waals surface area contributed by atoms with Crippen molar-refractivity contribution in [1.29, 1.82) is 0 Å². The predicted molar refractivity (Wildman–Crippen MR) is 324 cm³/mol. The first-order chi connectivity index (χ1) is 41.2. The number of methoxy groups -OCH3 is 5. The van der Waals surface area contributed by atoms with Crippen LogP contribution >= 0.6 is 55.9 Å². The highest BCUT2D eigenvalue weighted by molar-refractivity contribution is 14.1. The van der Waals surface area contributed by atoms with E-state index in [2.05, 4.69) is 39.8 Å². The first-order valence-corrected chi connectivity index (χ1v) is 32.7. The van der Waals surface area contributed by atoms with Gasteiger partial charge in [-0.25, -0.2) is 4.79 Å². The van der Waals surface area contributed by atoms with E-state index in [4.69, 9.17) is 61.7 Å². The second kappa shape index (κ2) is 31.2. The molecule has 19 atom stereocenters. The number of hydroxylamine groups is 1. The van der Waals surface area contributed by atoms with Crippen molar-refractivity contribution in [1.82, 2.24) is 16.1 Å². The minimum absolute atomic E-state index is 0.00718. The molecule has 4 heterocycles. The average molecular weight is 1380 g/mol. The number of aliphatic hydroxyl groups is 5. The number of fused-ring (bicyclic) bond motifs is 2. The summed E-state index contributed by atoms with van der Waals surface area (Å²) in [6.07, 6.45) is -10.3. The molecule has 8 rings (SSSR count). The molecule has 1 aromatic carbocycles. The van der Waals surface area contributed by atoms with Crippen molar-refractivity contribution in [2.75, 3.05) is 54.5 Å². The summed E-state index contributed by atoms with van der Waals surface area (Å²) in [6.45, 7) is 9.44. The van der Waals surface area contributed by atoms with Crippen LogP contribution in [0.5, 0.6) is 17.2 Å². The average Bonchev–Trinajstić information content (AvgIpc) is 0.872. The van der Waals surface area contributed by atoms with E-state index in [1.54, 1.807) is 62.5 Å². The van der Waals surface area contributed by atoms with Crippen LogP contribution in [0.15, 0.2) is 35.1 Å². The molecule has 4 saturated heterocycles. The van der Waals surface area contributed by atoms with Crippen LogP contribution in [0.2, 0.25) is 0 Å². The standard InChI is InChI=1S/C58H78IN3O21S3/c1-11-60-33-26-76-38(24-37(33)71-6)81-51-46(66)43(28(3)78-56(51)80-36-19-14-12-13-15-21-58(70)25-35(64)44(61-57(69)75-10)41(36)32(58)20-22-84-86-31-17-16-18-31)62-83-39-23-34(63)53(30(5)77-39)85-54(68)40-27(2)42(59)49(52(74-9)48(40)72-7)82-55-47(67)50(73-8)45(65)29(4)79-55/h12-13,20,28-31,33-34,36-39,43,45-47,50-51,53,55-56,60,62-63,65-67,70H,11,16-18,22-26H2,1-10H3,(H,61,69)/b13-12?,32-20+/t28-,29+,30-,33+,34+,36+,37+,38+,39+,43-,45+,46+,47-,50-,51-,53-,55+,56+,58+/m1/s1. The van der Waals surface area contributed by atoms with Gasteiger partial charge in [-0.3, -0.25) is 19.7 Å². The molecule has 86 heavy (non-hydrogen) atoms. The molecule has 0 aromatic heterocycles. The normalized spacial score (nSPS) is 36.0. The van der Waals surface area contributed by atoms with Crippen LogP contribution in [-0.4, -0.2) is 217 Å². The summed E-state index contributed by atoms with van der Waals surface area (Å²) in [5.74, 6) is 11.5. The van der Waals surface area contributed by atoms with Crippen molar-refractivity contribution in [2.45, 2.75) is 194 Å². The number of halogens is 1. The van der Waals surface area contributed by atoms with Gasteiger partial charge in [0.05, 0.1) is 97.0 Å². The molecule has 0 spiro atoms. The topological polar surface area (TPSA) is 308 Å². The molecule has 24 nitrogen and oxygen atoms in total. The van der Waals surface area contributed by atoms with E-state index in [0.29, 0.717) is 26.7 Å². The van der Waals surface area contributed by atoms with Crippen molar-refractivity contribution in [3.63, 3.8) is 0 Å². The van der Waals surface area contributed by atoms with Crippen LogP contribution in [-0.2, 0) is 52.3 Å². The Labute approximate surface area is 526 Å². The fourth-order valence-electron chi connectivity index (χ4n) is 11.0. The number of hydrogen-bond acceptors (Lipinski definition) is 26. The third kappa shape index (κ3) is 15.5. The van der Waals surface area contributed by atoms with Gasteiger partial charge in [-0.1, -0.05) is 76.5 Å². The zero-order chi connectivity index (χ0) is 62.1. The summed E-state index contributed by atoms with van der Waals surface area (Å²) < 4.78 is 72.8. The second-order valence-electron chi connectivity index (χ2n) is 21.5. The number of allylic oxidation sites excluding steroid dienone is 3. The Morgan fingerprint density at radius 1 is 0.872 bits per heavy atom. The number of benzene rings is 1. The number of ketones is 1. The molecule has 8 N–H and O–H groups in total. The maximum absolute atomic E-state index is 14.5. The van der Waals surface area contributed by atoms with Gasteiger partial charge in [-0.15, -0.1) is 0 Å². The lowest BCUT2D eigenvalue weighted by molar-refractivity contribution is -0.336. The molecule has 0 unspecified atom stereocenters. The highest BCUT2D eigenvalue weighted by atomic mass is 127. The minimum atomic E-state index is -2.04. The van der Waals surface area contributed by atoms with Gasteiger partial charge in [0.2, 0.25) is 17.2 Å². The molecule has 28 heteroatoms. The van der Waals surface area contributed by atoms with Gasteiger partial charge >= 0.3 is 6.09 Å². The number of ether oxygens (including phenoxy) is 12. The second-order valence-corrected chi connectivity index (χ2v) is 26.4. The Balaban J connectivity index is 1.02. The van der Waals surface area contributed by atoms with Crippen LogP contribution in [0.4, 0.5) is 4.79 Å². The number of aliphatic hydroxyl groups excluding tert-OH is 4. The molecule has 7 aliphatic rings. The Hall–Kier alpha value is -3.29. The van der Waals surface area contributed by atoms with Crippen molar-refractivity contribution >= 4 is 72.9 Å².